The van der Waals surface area contributed by atoms with Gasteiger partial charge in [-0.05, 0) is 6.54 Å². The Morgan fingerprint density at radius 1 is 1.43 bits per heavy atom. The van der Waals surface area contributed by atoms with Crippen LogP contribution in [0, 0.1) is 0 Å². The molecule has 6 nitrogen and oxygen atoms in total. The van der Waals surface area contributed by atoms with Gasteiger partial charge < -0.3 is 5.73 Å². The maximum absolute atomic E-state index is 5.42. The maximum atomic E-state index is 5.42. The summed E-state index contributed by atoms with van der Waals surface area (Å²) in [6, 6.07) is 0. The summed E-state index contributed by atoms with van der Waals surface area (Å²) in [4.78, 5) is 0. The topological polar surface area (TPSA) is 74.5 Å². The summed E-state index contributed by atoms with van der Waals surface area (Å²) in [5.41, 5.74) is 7.22. The smallest absolute Gasteiger partial charge is 0.104 e. The fraction of sp³-hybridized carbons (Fsp3) is 0.375. The number of aryl methyl sites for hydroxylation is 1. The minimum Gasteiger partial charge on any atom is -0.330 e. The van der Waals surface area contributed by atoms with E-state index in [4.69, 9.17) is 5.73 Å². The minimum atomic E-state index is 0.589. The van der Waals surface area contributed by atoms with Gasteiger partial charge in [-0.15, -0.1) is 5.10 Å². The zero-order valence-corrected chi connectivity index (χ0v) is 7.96. The zero-order chi connectivity index (χ0) is 9.97. The van der Waals surface area contributed by atoms with Gasteiger partial charge in [0.05, 0.1) is 24.3 Å². The van der Waals surface area contributed by atoms with E-state index in [-0.39, 0.29) is 0 Å². The number of nitrogens with zero attached hydrogens (tertiary/aromatic N) is 5. The Balaban J connectivity index is 2.24. The lowest BCUT2D eigenvalue weighted by Gasteiger charge is -1.91. The van der Waals surface area contributed by atoms with Crippen molar-refractivity contribution in [2.24, 2.45) is 12.8 Å². The molecule has 0 unspecified atom stereocenters. The summed E-state index contributed by atoms with van der Waals surface area (Å²) in [5, 5.41) is 12.0. The van der Waals surface area contributed by atoms with Crippen LogP contribution in [0.4, 0.5) is 0 Å². The van der Waals surface area contributed by atoms with E-state index >= 15 is 0 Å². The van der Waals surface area contributed by atoms with E-state index in [2.05, 4.69) is 15.4 Å². The Kier molecular flexibility index (Phi) is 2.28. The van der Waals surface area contributed by atoms with E-state index in [1.807, 2.05) is 19.4 Å². The van der Waals surface area contributed by atoms with Gasteiger partial charge in [-0.2, -0.15) is 5.10 Å². The second-order valence-corrected chi connectivity index (χ2v) is 3.07. The summed E-state index contributed by atoms with van der Waals surface area (Å²) in [6.45, 7) is 0.589. The van der Waals surface area contributed by atoms with Crippen LogP contribution in [-0.2, 0) is 13.5 Å². The number of rotatable bonds is 3. The molecule has 0 amide bonds. The highest BCUT2D eigenvalue weighted by Crippen LogP contribution is 2.04. The second-order valence-electron chi connectivity index (χ2n) is 3.07. The van der Waals surface area contributed by atoms with E-state index in [1.165, 1.54) is 0 Å². The van der Waals surface area contributed by atoms with Crippen LogP contribution in [-0.4, -0.2) is 31.3 Å². The van der Waals surface area contributed by atoms with Crippen molar-refractivity contribution in [1.82, 2.24) is 24.8 Å². The first-order valence-corrected chi connectivity index (χ1v) is 4.40. The molecule has 0 aromatic carbocycles. The van der Waals surface area contributed by atoms with Gasteiger partial charge in [-0.25, -0.2) is 4.68 Å². The molecule has 0 radical (unpaired) electrons. The van der Waals surface area contributed by atoms with Gasteiger partial charge in [-0.3, -0.25) is 4.68 Å². The van der Waals surface area contributed by atoms with Crippen LogP contribution in [0.2, 0.25) is 0 Å². The molecule has 2 N–H and O–H groups in total. The van der Waals surface area contributed by atoms with Gasteiger partial charge in [0.25, 0.3) is 0 Å². The Morgan fingerprint density at radius 3 is 2.93 bits per heavy atom. The first-order chi connectivity index (χ1) is 6.79. The highest BCUT2D eigenvalue weighted by molar-refractivity contribution is 5.23. The molecule has 6 heteroatoms. The fourth-order valence-electron chi connectivity index (χ4n) is 1.21. The highest BCUT2D eigenvalue weighted by Gasteiger charge is 2.03. The fourth-order valence-corrected chi connectivity index (χ4v) is 1.21. The van der Waals surface area contributed by atoms with Gasteiger partial charge >= 0.3 is 0 Å². The van der Waals surface area contributed by atoms with Crippen molar-refractivity contribution < 1.29 is 0 Å². The minimum absolute atomic E-state index is 0.589. The predicted molar refractivity (Wildman–Crippen MR) is 50.9 cm³/mol. The molecule has 2 aromatic rings. The third-order valence-electron chi connectivity index (χ3n) is 1.90. The first-order valence-electron chi connectivity index (χ1n) is 4.40. The quantitative estimate of drug-likeness (QED) is 0.711. The first kappa shape index (κ1) is 8.89. The van der Waals surface area contributed by atoms with Crippen molar-refractivity contribution in [1.29, 1.82) is 0 Å². The molecular weight excluding hydrogens is 180 g/mol. The van der Waals surface area contributed by atoms with E-state index in [0.29, 0.717) is 6.54 Å². The average molecular weight is 192 g/mol. The lowest BCUT2D eigenvalue weighted by atomic mass is 10.3. The molecule has 0 saturated carbocycles. The van der Waals surface area contributed by atoms with Gasteiger partial charge in [-0.1, -0.05) is 5.21 Å². The van der Waals surface area contributed by atoms with Gasteiger partial charge in [0.1, 0.15) is 5.69 Å². The third-order valence-corrected chi connectivity index (χ3v) is 1.90. The number of nitrogens with two attached hydrogens (primary N) is 1. The molecule has 2 aromatic heterocycles. The predicted octanol–water partition coefficient (Wildman–Crippen LogP) is -0.498. The van der Waals surface area contributed by atoms with Crippen LogP contribution in [0.5, 0.6) is 0 Å². The summed E-state index contributed by atoms with van der Waals surface area (Å²) >= 11 is 0. The van der Waals surface area contributed by atoms with E-state index in [0.717, 1.165) is 17.8 Å². The molecule has 0 atom stereocenters. The number of aromatic nitrogens is 5. The Labute approximate surface area is 81.3 Å². The van der Waals surface area contributed by atoms with Crippen LogP contribution < -0.4 is 5.73 Å². The Morgan fingerprint density at radius 2 is 2.29 bits per heavy atom. The van der Waals surface area contributed by atoms with Crippen LogP contribution in [0.3, 0.4) is 0 Å². The van der Waals surface area contributed by atoms with E-state index < -0.39 is 0 Å². The van der Waals surface area contributed by atoms with Gasteiger partial charge in [0, 0.05) is 13.5 Å². The van der Waals surface area contributed by atoms with Crippen LogP contribution in [0.15, 0.2) is 18.6 Å². The second kappa shape index (κ2) is 3.59. The molecule has 0 saturated heterocycles. The van der Waals surface area contributed by atoms with Crippen molar-refractivity contribution in [3.63, 3.8) is 0 Å². The van der Waals surface area contributed by atoms with Crippen molar-refractivity contribution in [2.75, 3.05) is 6.54 Å². The van der Waals surface area contributed by atoms with Gasteiger partial charge in [0.15, 0.2) is 0 Å². The Hall–Kier alpha value is -1.69. The molecule has 2 heterocycles. The molecule has 0 bridgehead atoms. The molecule has 0 fully saturated rings. The molecule has 2 rings (SSSR count). The monoisotopic (exact) mass is 192 g/mol. The SMILES string of the molecule is Cn1cc(-n2cc(CCN)nn2)cn1. The van der Waals surface area contributed by atoms with Crippen molar-refractivity contribution in [3.05, 3.63) is 24.3 Å². The lowest BCUT2D eigenvalue weighted by molar-refractivity contribution is 0.763. The van der Waals surface area contributed by atoms with Crippen molar-refractivity contribution >= 4 is 0 Å². The summed E-state index contributed by atoms with van der Waals surface area (Å²) in [7, 11) is 1.86. The molecule has 74 valence electrons. The highest BCUT2D eigenvalue weighted by atomic mass is 15.4. The van der Waals surface area contributed by atoms with Crippen LogP contribution >= 0.6 is 0 Å². The van der Waals surface area contributed by atoms with Gasteiger partial charge in [0.2, 0.25) is 0 Å². The van der Waals surface area contributed by atoms with Crippen LogP contribution in [0.1, 0.15) is 5.69 Å². The number of hydrogen-bond acceptors (Lipinski definition) is 4. The molecule has 0 aliphatic heterocycles. The van der Waals surface area contributed by atoms with E-state index in [9.17, 15) is 0 Å². The van der Waals surface area contributed by atoms with E-state index in [1.54, 1.807) is 15.6 Å². The maximum Gasteiger partial charge on any atom is 0.104 e. The number of hydrogen-bond donors (Lipinski definition) is 1. The molecular formula is C8H12N6. The van der Waals surface area contributed by atoms with Crippen LogP contribution in [0.25, 0.3) is 5.69 Å². The summed E-state index contributed by atoms with van der Waals surface area (Å²) < 4.78 is 3.41. The summed E-state index contributed by atoms with van der Waals surface area (Å²) in [6.07, 6.45) is 6.23. The molecule has 0 spiro atoms. The standard InChI is InChI=1S/C8H12N6/c1-13-6-8(4-10-13)14-5-7(2-3-9)11-12-14/h4-6H,2-3,9H2,1H3. The zero-order valence-electron chi connectivity index (χ0n) is 7.96. The third kappa shape index (κ3) is 1.64. The summed E-state index contributed by atoms with van der Waals surface area (Å²) in [5.74, 6) is 0. The molecule has 0 aliphatic carbocycles. The van der Waals surface area contributed by atoms with Crippen molar-refractivity contribution in [3.8, 4) is 5.69 Å². The lowest BCUT2D eigenvalue weighted by Crippen LogP contribution is -2.02. The average Bonchev–Trinajstić information content (AvgIpc) is 2.74. The largest absolute Gasteiger partial charge is 0.330 e. The van der Waals surface area contributed by atoms with Crippen molar-refractivity contribution in [2.45, 2.75) is 6.42 Å². The Bertz CT molecular complexity index is 415. The normalized spacial score (nSPS) is 10.7. The molecule has 14 heavy (non-hydrogen) atoms. The molecule has 0 aliphatic rings.